The van der Waals surface area contributed by atoms with Crippen LogP contribution < -0.4 is 5.32 Å². The van der Waals surface area contributed by atoms with Gasteiger partial charge in [0, 0.05) is 18.5 Å². The fourth-order valence-electron chi connectivity index (χ4n) is 1.88. The molecule has 1 saturated carbocycles. The first-order chi connectivity index (χ1) is 9.15. The lowest BCUT2D eigenvalue weighted by Gasteiger charge is -2.12. The minimum atomic E-state index is 0.106. The highest BCUT2D eigenvalue weighted by molar-refractivity contribution is 5.81. The summed E-state index contributed by atoms with van der Waals surface area (Å²) in [7, 11) is 0. The third-order valence-electron chi connectivity index (χ3n) is 3.82. The quantitative estimate of drug-likeness (QED) is 0.552. The molecule has 1 aliphatic carbocycles. The molecule has 112 valence electrons. The van der Waals surface area contributed by atoms with Gasteiger partial charge in [-0.1, -0.05) is 13.8 Å². The molecule has 4 nitrogen and oxygen atoms in total. The van der Waals surface area contributed by atoms with Crippen LogP contribution in [0.25, 0.3) is 0 Å². The van der Waals surface area contributed by atoms with Gasteiger partial charge in [0.25, 0.3) is 0 Å². The standard InChI is InChI=1S/C15H29NO3/c1-4-12(2)15(17)11-19-10-9-18-8-7-16-13(3)14-5-6-14/h12-14,16H,4-11H2,1-3H3. The molecule has 0 bridgehead atoms. The fraction of sp³-hybridized carbons (Fsp3) is 0.933. The Morgan fingerprint density at radius 3 is 2.53 bits per heavy atom. The molecule has 0 aromatic carbocycles. The molecule has 2 atom stereocenters. The molecule has 1 N–H and O–H groups in total. The van der Waals surface area contributed by atoms with E-state index < -0.39 is 0 Å². The number of ketones is 1. The molecule has 0 aliphatic heterocycles. The number of ether oxygens (including phenoxy) is 2. The summed E-state index contributed by atoms with van der Waals surface area (Å²) in [5, 5.41) is 3.46. The van der Waals surface area contributed by atoms with Crippen molar-refractivity contribution in [2.24, 2.45) is 11.8 Å². The van der Waals surface area contributed by atoms with Crippen LogP contribution >= 0.6 is 0 Å². The van der Waals surface area contributed by atoms with Gasteiger partial charge in [0.05, 0.1) is 19.8 Å². The lowest BCUT2D eigenvalue weighted by Crippen LogP contribution is -2.31. The molecule has 0 aromatic rings. The first-order valence-corrected chi connectivity index (χ1v) is 7.56. The molecule has 0 amide bonds. The summed E-state index contributed by atoms with van der Waals surface area (Å²) >= 11 is 0. The zero-order valence-electron chi connectivity index (χ0n) is 12.6. The molecule has 19 heavy (non-hydrogen) atoms. The van der Waals surface area contributed by atoms with Crippen LogP contribution in [0.1, 0.15) is 40.0 Å². The van der Waals surface area contributed by atoms with Crippen LogP contribution in [0, 0.1) is 11.8 Å². The van der Waals surface area contributed by atoms with Gasteiger partial charge >= 0.3 is 0 Å². The van der Waals surface area contributed by atoms with Crippen molar-refractivity contribution in [3.05, 3.63) is 0 Å². The second-order valence-electron chi connectivity index (χ2n) is 5.52. The van der Waals surface area contributed by atoms with Gasteiger partial charge in [-0.05, 0) is 32.1 Å². The zero-order valence-corrected chi connectivity index (χ0v) is 12.6. The highest BCUT2D eigenvalue weighted by Crippen LogP contribution is 2.32. The minimum absolute atomic E-state index is 0.106. The third kappa shape index (κ3) is 7.65. The van der Waals surface area contributed by atoms with E-state index in [9.17, 15) is 4.79 Å². The van der Waals surface area contributed by atoms with Crippen LogP contribution in [0.3, 0.4) is 0 Å². The molecule has 1 aliphatic rings. The Kier molecular flexibility index (Phi) is 8.26. The summed E-state index contributed by atoms with van der Waals surface area (Å²) in [5.74, 6) is 1.17. The van der Waals surface area contributed by atoms with Crippen LogP contribution in [0.15, 0.2) is 0 Å². The number of hydrogen-bond donors (Lipinski definition) is 1. The maximum Gasteiger partial charge on any atom is 0.161 e. The summed E-state index contributed by atoms with van der Waals surface area (Å²) in [6.07, 6.45) is 3.61. The summed E-state index contributed by atoms with van der Waals surface area (Å²) in [6, 6.07) is 0.619. The summed E-state index contributed by atoms with van der Waals surface area (Å²) in [4.78, 5) is 11.5. The SMILES string of the molecule is CCC(C)C(=O)COCCOCCNC(C)C1CC1. The van der Waals surface area contributed by atoms with Crippen LogP contribution in [-0.2, 0) is 14.3 Å². The van der Waals surface area contributed by atoms with E-state index in [2.05, 4.69) is 12.2 Å². The Hall–Kier alpha value is -0.450. The monoisotopic (exact) mass is 271 g/mol. The molecule has 4 heteroatoms. The first-order valence-electron chi connectivity index (χ1n) is 7.56. The van der Waals surface area contributed by atoms with Gasteiger partial charge in [-0.25, -0.2) is 0 Å². The lowest BCUT2D eigenvalue weighted by molar-refractivity contribution is -0.127. The van der Waals surface area contributed by atoms with Crippen LogP contribution in [0.2, 0.25) is 0 Å². The van der Waals surface area contributed by atoms with Crippen molar-refractivity contribution in [3.63, 3.8) is 0 Å². The zero-order chi connectivity index (χ0) is 14.1. The van der Waals surface area contributed by atoms with Crippen LogP contribution in [-0.4, -0.2) is 44.8 Å². The van der Waals surface area contributed by atoms with E-state index in [0.29, 0.717) is 25.9 Å². The maximum atomic E-state index is 11.5. The van der Waals surface area contributed by atoms with E-state index >= 15 is 0 Å². The van der Waals surface area contributed by atoms with Crippen molar-refractivity contribution in [2.45, 2.75) is 46.1 Å². The molecule has 0 heterocycles. The Bertz CT molecular complexity index is 254. The van der Waals surface area contributed by atoms with Crippen molar-refractivity contribution in [2.75, 3.05) is 33.0 Å². The number of nitrogens with one attached hydrogen (secondary N) is 1. The summed E-state index contributed by atoms with van der Waals surface area (Å²) in [6.45, 7) is 9.07. The highest BCUT2D eigenvalue weighted by atomic mass is 16.5. The van der Waals surface area contributed by atoms with Gasteiger partial charge in [0.2, 0.25) is 0 Å². The Morgan fingerprint density at radius 2 is 1.89 bits per heavy atom. The van der Waals surface area contributed by atoms with E-state index in [-0.39, 0.29) is 18.3 Å². The fourth-order valence-corrected chi connectivity index (χ4v) is 1.88. The van der Waals surface area contributed by atoms with Gasteiger partial charge in [0.15, 0.2) is 5.78 Å². The maximum absolute atomic E-state index is 11.5. The molecular weight excluding hydrogens is 242 g/mol. The Morgan fingerprint density at radius 1 is 1.21 bits per heavy atom. The number of Topliss-reactive ketones (excluding diaryl/α,β-unsaturated/α-hetero) is 1. The second-order valence-corrected chi connectivity index (χ2v) is 5.52. The van der Waals surface area contributed by atoms with E-state index in [0.717, 1.165) is 18.9 Å². The van der Waals surface area contributed by atoms with E-state index in [1.165, 1.54) is 12.8 Å². The Labute approximate surface area is 117 Å². The van der Waals surface area contributed by atoms with Crippen molar-refractivity contribution in [1.29, 1.82) is 0 Å². The smallest absolute Gasteiger partial charge is 0.161 e. The third-order valence-corrected chi connectivity index (χ3v) is 3.82. The average molecular weight is 271 g/mol. The molecule has 0 saturated heterocycles. The topological polar surface area (TPSA) is 47.6 Å². The molecule has 0 radical (unpaired) electrons. The number of hydrogen-bond acceptors (Lipinski definition) is 4. The lowest BCUT2D eigenvalue weighted by atomic mass is 10.1. The molecule has 0 spiro atoms. The average Bonchev–Trinajstić information content (AvgIpc) is 3.24. The highest BCUT2D eigenvalue weighted by Gasteiger charge is 2.27. The first kappa shape index (κ1) is 16.6. The van der Waals surface area contributed by atoms with E-state index in [1.54, 1.807) is 0 Å². The largest absolute Gasteiger partial charge is 0.378 e. The predicted octanol–water partition coefficient (Wildman–Crippen LogP) is 2.02. The van der Waals surface area contributed by atoms with Gasteiger partial charge in [-0.2, -0.15) is 0 Å². The summed E-state index contributed by atoms with van der Waals surface area (Å²) in [5.41, 5.74) is 0. The molecule has 1 fully saturated rings. The number of rotatable bonds is 12. The van der Waals surface area contributed by atoms with Crippen molar-refractivity contribution in [3.8, 4) is 0 Å². The van der Waals surface area contributed by atoms with Crippen LogP contribution in [0.5, 0.6) is 0 Å². The van der Waals surface area contributed by atoms with E-state index in [1.807, 2.05) is 13.8 Å². The molecule has 2 unspecified atom stereocenters. The molecule has 0 aromatic heterocycles. The van der Waals surface area contributed by atoms with Crippen LogP contribution in [0.4, 0.5) is 0 Å². The Balaban J connectivity index is 1.81. The molecular formula is C15H29NO3. The van der Waals surface area contributed by atoms with Crippen molar-refractivity contribution < 1.29 is 14.3 Å². The second kappa shape index (κ2) is 9.45. The van der Waals surface area contributed by atoms with Crippen molar-refractivity contribution >= 4 is 5.78 Å². The number of carbonyl (C=O) groups is 1. The minimum Gasteiger partial charge on any atom is -0.378 e. The molecule has 1 rings (SSSR count). The van der Waals surface area contributed by atoms with Gasteiger partial charge < -0.3 is 14.8 Å². The number of carbonyl (C=O) groups excluding carboxylic acids is 1. The van der Waals surface area contributed by atoms with Gasteiger partial charge in [-0.15, -0.1) is 0 Å². The predicted molar refractivity (Wildman–Crippen MR) is 76.3 cm³/mol. The van der Waals surface area contributed by atoms with Crippen molar-refractivity contribution in [1.82, 2.24) is 5.32 Å². The summed E-state index contributed by atoms with van der Waals surface area (Å²) < 4.78 is 10.8. The van der Waals surface area contributed by atoms with Gasteiger partial charge in [0.1, 0.15) is 6.61 Å². The normalized spacial score (nSPS) is 18.3. The van der Waals surface area contributed by atoms with E-state index in [4.69, 9.17) is 9.47 Å². The van der Waals surface area contributed by atoms with Gasteiger partial charge in [-0.3, -0.25) is 4.79 Å².